The second kappa shape index (κ2) is 8.48. The number of nitro groups is 1. The van der Waals surface area contributed by atoms with Crippen molar-refractivity contribution in [2.75, 3.05) is 19.7 Å². The van der Waals surface area contributed by atoms with Crippen molar-refractivity contribution < 1.29 is 23.7 Å². The lowest BCUT2D eigenvalue weighted by molar-refractivity contribution is -0.385. The third kappa shape index (κ3) is 4.80. The Labute approximate surface area is 143 Å². The van der Waals surface area contributed by atoms with Gasteiger partial charge in [0.1, 0.15) is 0 Å². The molecule has 9 heteroatoms. The highest BCUT2D eigenvalue weighted by Crippen LogP contribution is 2.27. The van der Waals surface area contributed by atoms with Crippen LogP contribution < -0.4 is 15.4 Å². The average molecular weight is 347 g/mol. The quantitative estimate of drug-likeness (QED) is 0.426. The largest absolute Gasteiger partial charge is 0.487 e. The minimum absolute atomic E-state index is 0.106. The van der Waals surface area contributed by atoms with E-state index in [2.05, 4.69) is 10.6 Å². The predicted octanol–water partition coefficient (Wildman–Crippen LogP) is 1.75. The van der Waals surface area contributed by atoms with E-state index in [-0.39, 0.29) is 42.5 Å². The molecule has 1 heterocycles. The number of nitro benzene ring substituents is 1. The highest BCUT2D eigenvalue weighted by atomic mass is 16.6. The molecule has 0 atom stereocenters. The number of benzene rings is 1. The molecule has 0 aliphatic rings. The molecule has 0 spiro atoms. The van der Waals surface area contributed by atoms with Gasteiger partial charge in [-0.05, 0) is 31.2 Å². The highest BCUT2D eigenvalue weighted by molar-refractivity contribution is 5.95. The summed E-state index contributed by atoms with van der Waals surface area (Å²) in [4.78, 5) is 34.1. The minimum atomic E-state index is -0.606. The molecule has 0 aliphatic carbocycles. The first-order chi connectivity index (χ1) is 12.0. The fourth-order valence-electron chi connectivity index (χ4n) is 2.03. The third-order valence-corrected chi connectivity index (χ3v) is 3.16. The number of nitrogens with one attached hydrogen (secondary N) is 2. The maximum atomic E-state index is 12.1. The van der Waals surface area contributed by atoms with Crippen LogP contribution >= 0.6 is 0 Å². The minimum Gasteiger partial charge on any atom is -0.487 e. The number of ether oxygens (including phenoxy) is 1. The van der Waals surface area contributed by atoms with Gasteiger partial charge >= 0.3 is 5.69 Å². The molecule has 25 heavy (non-hydrogen) atoms. The van der Waals surface area contributed by atoms with Crippen molar-refractivity contribution in [3.63, 3.8) is 0 Å². The Kier molecular flexibility index (Phi) is 6.10. The zero-order valence-electron chi connectivity index (χ0n) is 13.5. The first kappa shape index (κ1) is 18.0. The molecule has 1 aromatic carbocycles. The summed E-state index contributed by atoms with van der Waals surface area (Å²) in [6, 6.07) is 7.09. The van der Waals surface area contributed by atoms with Gasteiger partial charge in [0.2, 0.25) is 0 Å². The molecule has 1 aromatic heterocycles. The van der Waals surface area contributed by atoms with Gasteiger partial charge in [0.15, 0.2) is 11.5 Å². The van der Waals surface area contributed by atoms with Crippen LogP contribution in [0.15, 0.2) is 41.0 Å². The highest BCUT2D eigenvalue weighted by Gasteiger charge is 2.18. The van der Waals surface area contributed by atoms with E-state index >= 15 is 0 Å². The Morgan fingerprint density at radius 3 is 2.52 bits per heavy atom. The first-order valence-corrected chi connectivity index (χ1v) is 7.54. The van der Waals surface area contributed by atoms with E-state index in [9.17, 15) is 19.7 Å². The van der Waals surface area contributed by atoms with Crippen LogP contribution in [-0.4, -0.2) is 36.4 Å². The van der Waals surface area contributed by atoms with Crippen LogP contribution in [0.3, 0.4) is 0 Å². The Bertz CT molecular complexity index is 757. The molecule has 2 amide bonds. The molecule has 0 saturated heterocycles. The van der Waals surface area contributed by atoms with Gasteiger partial charge in [-0.1, -0.05) is 0 Å². The molecule has 0 radical (unpaired) electrons. The molecule has 0 unspecified atom stereocenters. The van der Waals surface area contributed by atoms with Gasteiger partial charge in [0, 0.05) is 24.7 Å². The molecular weight excluding hydrogens is 330 g/mol. The van der Waals surface area contributed by atoms with Crippen molar-refractivity contribution in [1.29, 1.82) is 0 Å². The smallest absolute Gasteiger partial charge is 0.311 e. The maximum Gasteiger partial charge on any atom is 0.311 e. The summed E-state index contributed by atoms with van der Waals surface area (Å²) < 4.78 is 10.1. The Hall–Kier alpha value is -3.36. The van der Waals surface area contributed by atoms with Gasteiger partial charge in [-0.3, -0.25) is 19.7 Å². The summed E-state index contributed by atoms with van der Waals surface area (Å²) >= 11 is 0. The molecule has 2 aromatic rings. The molecule has 132 valence electrons. The lowest BCUT2D eigenvalue weighted by Gasteiger charge is -2.08. The molecule has 2 N–H and O–H groups in total. The van der Waals surface area contributed by atoms with Crippen LogP contribution in [-0.2, 0) is 0 Å². The molecule has 0 bridgehead atoms. The van der Waals surface area contributed by atoms with Crippen molar-refractivity contribution in [2.45, 2.75) is 6.92 Å². The first-order valence-electron chi connectivity index (χ1n) is 7.54. The molecule has 9 nitrogen and oxygen atoms in total. The normalized spacial score (nSPS) is 10.1. The van der Waals surface area contributed by atoms with Gasteiger partial charge in [-0.15, -0.1) is 0 Å². The second-order valence-corrected chi connectivity index (χ2v) is 4.86. The van der Waals surface area contributed by atoms with Crippen LogP contribution in [0.2, 0.25) is 0 Å². The number of rotatable bonds is 8. The average Bonchev–Trinajstić information content (AvgIpc) is 3.13. The summed E-state index contributed by atoms with van der Waals surface area (Å²) in [7, 11) is 0. The number of hydrogen-bond donors (Lipinski definition) is 2. The zero-order valence-corrected chi connectivity index (χ0v) is 13.5. The van der Waals surface area contributed by atoms with E-state index in [4.69, 9.17) is 9.15 Å². The zero-order chi connectivity index (χ0) is 18.2. The topological polar surface area (TPSA) is 124 Å². The third-order valence-electron chi connectivity index (χ3n) is 3.16. The standard InChI is InChI=1S/C16H17N3O6/c1-2-24-13-6-5-11(10-12(13)19(22)23)15(20)17-7-8-18-16(21)14-4-3-9-25-14/h3-6,9-10H,2,7-8H2,1H3,(H,17,20)(H,18,21). The van der Waals surface area contributed by atoms with Crippen molar-refractivity contribution in [3.05, 3.63) is 58.0 Å². The number of carbonyl (C=O) groups excluding carboxylic acids is 2. The van der Waals surface area contributed by atoms with Crippen LogP contribution in [0.25, 0.3) is 0 Å². The molecule has 2 rings (SSSR count). The molecule has 0 aliphatic heterocycles. The lowest BCUT2D eigenvalue weighted by Crippen LogP contribution is -2.34. The van der Waals surface area contributed by atoms with Gasteiger partial charge < -0.3 is 19.8 Å². The van der Waals surface area contributed by atoms with Crippen LogP contribution in [0, 0.1) is 10.1 Å². The van der Waals surface area contributed by atoms with E-state index in [0.29, 0.717) is 0 Å². The molecule has 0 saturated carbocycles. The van der Waals surface area contributed by atoms with Gasteiger partial charge in [-0.2, -0.15) is 0 Å². The predicted molar refractivity (Wildman–Crippen MR) is 87.6 cm³/mol. The van der Waals surface area contributed by atoms with Crippen molar-refractivity contribution in [2.24, 2.45) is 0 Å². The Morgan fingerprint density at radius 1 is 1.20 bits per heavy atom. The van der Waals surface area contributed by atoms with E-state index in [1.807, 2.05) is 0 Å². The fourth-order valence-corrected chi connectivity index (χ4v) is 2.03. The summed E-state index contributed by atoms with van der Waals surface area (Å²) in [5, 5.41) is 16.2. The van der Waals surface area contributed by atoms with Crippen molar-refractivity contribution in [3.8, 4) is 5.75 Å². The summed E-state index contributed by atoms with van der Waals surface area (Å²) in [5.74, 6) is -0.599. The van der Waals surface area contributed by atoms with E-state index in [1.165, 1.54) is 24.5 Å². The molecular formula is C16H17N3O6. The fraction of sp³-hybridized carbons (Fsp3) is 0.250. The Morgan fingerprint density at radius 2 is 1.92 bits per heavy atom. The number of hydrogen-bond acceptors (Lipinski definition) is 6. The maximum absolute atomic E-state index is 12.1. The van der Waals surface area contributed by atoms with E-state index < -0.39 is 16.7 Å². The van der Waals surface area contributed by atoms with E-state index in [1.54, 1.807) is 13.0 Å². The van der Waals surface area contributed by atoms with Gasteiger partial charge in [0.05, 0.1) is 17.8 Å². The van der Waals surface area contributed by atoms with Crippen LogP contribution in [0.5, 0.6) is 5.75 Å². The van der Waals surface area contributed by atoms with E-state index in [0.717, 1.165) is 6.07 Å². The van der Waals surface area contributed by atoms with Crippen molar-refractivity contribution in [1.82, 2.24) is 10.6 Å². The number of amides is 2. The summed E-state index contributed by atoms with van der Waals surface area (Å²) in [5.41, 5.74) is -0.145. The lowest BCUT2D eigenvalue weighted by atomic mass is 10.1. The monoisotopic (exact) mass is 347 g/mol. The van der Waals surface area contributed by atoms with Gasteiger partial charge in [-0.25, -0.2) is 0 Å². The van der Waals surface area contributed by atoms with Crippen LogP contribution in [0.1, 0.15) is 27.8 Å². The van der Waals surface area contributed by atoms with Crippen molar-refractivity contribution >= 4 is 17.5 Å². The van der Waals surface area contributed by atoms with Crippen LogP contribution in [0.4, 0.5) is 5.69 Å². The number of nitrogens with zero attached hydrogens (tertiary/aromatic N) is 1. The SMILES string of the molecule is CCOc1ccc(C(=O)NCCNC(=O)c2ccco2)cc1[N+](=O)[O-]. The second-order valence-electron chi connectivity index (χ2n) is 4.86. The van der Waals surface area contributed by atoms with Gasteiger partial charge in [0.25, 0.3) is 11.8 Å². The summed E-state index contributed by atoms with van der Waals surface area (Å²) in [6.07, 6.45) is 1.38. The summed E-state index contributed by atoms with van der Waals surface area (Å²) in [6.45, 7) is 2.33. The Balaban J connectivity index is 1.89. The molecule has 0 fully saturated rings. The number of furan rings is 1. The number of carbonyl (C=O) groups is 2.